The highest BCUT2D eigenvalue weighted by atomic mass is 32.2. The number of pyridine rings is 1. The Balaban J connectivity index is 1.27. The first-order chi connectivity index (χ1) is 15.5. The third-order valence-corrected chi connectivity index (χ3v) is 7.78. The van der Waals surface area contributed by atoms with Crippen molar-refractivity contribution in [3.63, 3.8) is 0 Å². The Kier molecular flexibility index (Phi) is 5.46. The van der Waals surface area contributed by atoms with Crippen molar-refractivity contribution in [2.45, 2.75) is 12.8 Å². The van der Waals surface area contributed by atoms with Crippen LogP contribution in [-0.2, 0) is 22.7 Å². The zero-order valence-electron chi connectivity index (χ0n) is 17.7. The lowest BCUT2D eigenvalue weighted by molar-refractivity contribution is 0.0763. The number of sulfone groups is 1. The Bertz CT molecular complexity index is 1210. The average molecular weight is 452 g/mol. The highest BCUT2D eigenvalue weighted by Crippen LogP contribution is 2.27. The van der Waals surface area contributed by atoms with E-state index in [4.69, 9.17) is 4.74 Å². The van der Waals surface area contributed by atoms with Crippen LogP contribution in [0.5, 0.6) is 11.6 Å². The molecule has 1 saturated heterocycles. The normalized spacial score (nSPS) is 19.4. The van der Waals surface area contributed by atoms with Gasteiger partial charge >= 0.3 is 0 Å². The van der Waals surface area contributed by atoms with Crippen LogP contribution in [0.25, 0.3) is 0 Å². The predicted octanol–water partition coefficient (Wildman–Crippen LogP) is 2.60. The SMILES string of the molecule is O=C(c1cccc(Oc2ccc3c(c2)CCN(C2=CC=C2)CC3)n1)N1CCS(=O)(=O)CC1. The average Bonchev–Trinajstić information content (AvgIpc) is 2.95. The Labute approximate surface area is 187 Å². The molecule has 2 aliphatic heterocycles. The molecule has 1 aromatic heterocycles. The zero-order chi connectivity index (χ0) is 22.1. The number of amides is 1. The van der Waals surface area contributed by atoms with Crippen molar-refractivity contribution in [2.75, 3.05) is 37.7 Å². The topological polar surface area (TPSA) is 79.8 Å². The number of hydrogen-bond donors (Lipinski definition) is 0. The highest BCUT2D eigenvalue weighted by molar-refractivity contribution is 7.91. The Morgan fingerprint density at radius 2 is 1.72 bits per heavy atom. The van der Waals surface area contributed by atoms with Crippen LogP contribution in [0.15, 0.2) is 60.3 Å². The molecule has 0 radical (unpaired) electrons. The number of nitrogens with zero attached hydrogens (tertiary/aromatic N) is 3. The third kappa shape index (κ3) is 4.41. The molecule has 1 amide bonds. The van der Waals surface area contributed by atoms with E-state index >= 15 is 0 Å². The van der Waals surface area contributed by atoms with E-state index in [1.165, 1.54) is 21.7 Å². The van der Waals surface area contributed by atoms with E-state index in [1.807, 2.05) is 6.07 Å². The lowest BCUT2D eigenvalue weighted by atomic mass is 10.0. The van der Waals surface area contributed by atoms with Crippen LogP contribution < -0.4 is 4.74 Å². The van der Waals surface area contributed by atoms with Crippen molar-refractivity contribution in [1.29, 1.82) is 0 Å². The molecule has 166 valence electrons. The minimum atomic E-state index is -3.05. The van der Waals surface area contributed by atoms with Crippen molar-refractivity contribution in [1.82, 2.24) is 14.8 Å². The van der Waals surface area contributed by atoms with Gasteiger partial charge in [-0.2, -0.15) is 0 Å². The molecule has 3 heterocycles. The fourth-order valence-corrected chi connectivity index (χ4v) is 5.41. The van der Waals surface area contributed by atoms with Gasteiger partial charge in [0.05, 0.1) is 11.5 Å². The molecule has 1 fully saturated rings. The minimum absolute atomic E-state index is 0.00490. The summed E-state index contributed by atoms with van der Waals surface area (Å²) in [6.07, 6.45) is 8.30. The van der Waals surface area contributed by atoms with E-state index in [2.05, 4.69) is 40.2 Å². The molecule has 7 nitrogen and oxygen atoms in total. The first-order valence-corrected chi connectivity index (χ1v) is 12.7. The van der Waals surface area contributed by atoms with Gasteiger partial charge in [0, 0.05) is 37.9 Å². The summed E-state index contributed by atoms with van der Waals surface area (Å²) in [5.74, 6) is 0.762. The molecule has 8 heteroatoms. The van der Waals surface area contributed by atoms with Gasteiger partial charge in [0.1, 0.15) is 11.4 Å². The van der Waals surface area contributed by atoms with Gasteiger partial charge in [0.15, 0.2) is 9.84 Å². The predicted molar refractivity (Wildman–Crippen MR) is 122 cm³/mol. The summed E-state index contributed by atoms with van der Waals surface area (Å²) in [7, 11) is -3.05. The highest BCUT2D eigenvalue weighted by Gasteiger charge is 2.26. The molecule has 0 N–H and O–H groups in total. The van der Waals surface area contributed by atoms with Gasteiger partial charge < -0.3 is 14.5 Å². The number of rotatable bonds is 4. The summed E-state index contributed by atoms with van der Waals surface area (Å²) in [5, 5.41) is 0. The Hall–Kier alpha value is -3.13. The lowest BCUT2D eigenvalue weighted by Gasteiger charge is -2.26. The molecule has 2 aromatic rings. The maximum absolute atomic E-state index is 12.8. The van der Waals surface area contributed by atoms with Crippen molar-refractivity contribution in [3.8, 4) is 11.6 Å². The molecular weight excluding hydrogens is 426 g/mol. The van der Waals surface area contributed by atoms with Crippen molar-refractivity contribution in [3.05, 3.63) is 77.1 Å². The van der Waals surface area contributed by atoms with Gasteiger partial charge in [0.2, 0.25) is 5.88 Å². The molecular formula is C24H25N3O4S. The van der Waals surface area contributed by atoms with E-state index in [0.717, 1.165) is 25.9 Å². The Morgan fingerprint density at radius 1 is 0.969 bits per heavy atom. The number of carbonyl (C=O) groups is 1. The molecule has 0 bridgehead atoms. The summed E-state index contributed by atoms with van der Waals surface area (Å²) in [6.45, 7) is 2.37. The van der Waals surface area contributed by atoms with E-state index < -0.39 is 9.84 Å². The molecule has 32 heavy (non-hydrogen) atoms. The number of carbonyl (C=O) groups excluding carboxylic acids is 1. The monoisotopic (exact) mass is 451 g/mol. The fraction of sp³-hybridized carbons (Fsp3) is 0.333. The summed E-state index contributed by atoms with van der Waals surface area (Å²) in [6, 6.07) is 11.2. The van der Waals surface area contributed by atoms with Crippen LogP contribution in [0.2, 0.25) is 0 Å². The maximum atomic E-state index is 12.8. The van der Waals surface area contributed by atoms with Gasteiger partial charge in [-0.15, -0.1) is 0 Å². The minimum Gasteiger partial charge on any atom is -0.439 e. The molecule has 0 atom stereocenters. The third-order valence-electron chi connectivity index (χ3n) is 6.18. The number of benzene rings is 1. The van der Waals surface area contributed by atoms with Gasteiger partial charge in [0.25, 0.3) is 5.91 Å². The second kappa shape index (κ2) is 8.43. The number of hydrogen-bond acceptors (Lipinski definition) is 6. The van der Waals surface area contributed by atoms with E-state index in [-0.39, 0.29) is 36.2 Å². The molecule has 1 aliphatic carbocycles. The molecule has 5 rings (SSSR count). The number of allylic oxidation sites excluding steroid dienone is 3. The quantitative estimate of drug-likeness (QED) is 0.711. The molecule has 0 saturated carbocycles. The first-order valence-electron chi connectivity index (χ1n) is 10.9. The standard InChI is InChI=1S/C24H25N3O4S/c28-24(27-13-15-32(29,30)16-14-27)22-5-2-6-23(25-22)31-21-8-7-18-9-11-26(20-3-1-4-20)12-10-19(18)17-21/h1-8,17H,9-16H2. The Morgan fingerprint density at radius 3 is 2.44 bits per heavy atom. The number of aromatic nitrogens is 1. The second-order valence-electron chi connectivity index (χ2n) is 8.28. The summed E-state index contributed by atoms with van der Waals surface area (Å²) < 4.78 is 29.2. The maximum Gasteiger partial charge on any atom is 0.272 e. The van der Waals surface area contributed by atoms with Gasteiger partial charge in [-0.3, -0.25) is 4.79 Å². The molecule has 1 aromatic carbocycles. The lowest BCUT2D eigenvalue weighted by Crippen LogP contribution is -2.44. The van der Waals surface area contributed by atoms with Crippen molar-refractivity contribution < 1.29 is 17.9 Å². The van der Waals surface area contributed by atoms with Crippen LogP contribution in [0, 0.1) is 0 Å². The van der Waals surface area contributed by atoms with Gasteiger partial charge in [-0.25, -0.2) is 13.4 Å². The smallest absolute Gasteiger partial charge is 0.272 e. The summed E-state index contributed by atoms with van der Waals surface area (Å²) in [5.41, 5.74) is 4.16. The number of ether oxygens (including phenoxy) is 1. The van der Waals surface area contributed by atoms with Crippen molar-refractivity contribution >= 4 is 15.7 Å². The van der Waals surface area contributed by atoms with E-state index in [1.54, 1.807) is 18.2 Å². The van der Waals surface area contributed by atoms with Crippen LogP contribution in [0.3, 0.4) is 0 Å². The van der Waals surface area contributed by atoms with E-state index in [9.17, 15) is 13.2 Å². The first kappa shape index (κ1) is 20.8. The molecule has 0 unspecified atom stereocenters. The fourth-order valence-electron chi connectivity index (χ4n) is 4.21. The van der Waals surface area contributed by atoms with Crippen LogP contribution in [-0.4, -0.2) is 66.8 Å². The molecule has 3 aliphatic rings. The zero-order valence-corrected chi connectivity index (χ0v) is 18.6. The van der Waals surface area contributed by atoms with E-state index in [0.29, 0.717) is 11.6 Å². The summed E-state index contributed by atoms with van der Waals surface area (Å²) in [4.78, 5) is 21.1. The second-order valence-corrected chi connectivity index (χ2v) is 10.6. The number of fused-ring (bicyclic) bond motifs is 1. The summed E-state index contributed by atoms with van der Waals surface area (Å²) >= 11 is 0. The van der Waals surface area contributed by atoms with Gasteiger partial charge in [-0.1, -0.05) is 18.2 Å². The van der Waals surface area contributed by atoms with Gasteiger partial charge in [-0.05, 0) is 54.3 Å². The largest absolute Gasteiger partial charge is 0.439 e. The van der Waals surface area contributed by atoms with Crippen LogP contribution >= 0.6 is 0 Å². The molecule has 0 spiro atoms. The van der Waals surface area contributed by atoms with Crippen LogP contribution in [0.4, 0.5) is 0 Å². The van der Waals surface area contributed by atoms with Crippen LogP contribution in [0.1, 0.15) is 21.6 Å². The van der Waals surface area contributed by atoms with Crippen molar-refractivity contribution in [2.24, 2.45) is 0 Å².